The number of aromatic carboxylic acids is 1. The van der Waals surface area contributed by atoms with Crippen LogP contribution >= 0.6 is 0 Å². The summed E-state index contributed by atoms with van der Waals surface area (Å²) in [6, 6.07) is 3.42. The lowest BCUT2D eigenvalue weighted by Gasteiger charge is -2.04. The van der Waals surface area contributed by atoms with E-state index in [0.29, 0.717) is 5.69 Å². The van der Waals surface area contributed by atoms with Crippen molar-refractivity contribution in [3.8, 4) is 11.4 Å². The molecule has 2 heterocycles. The van der Waals surface area contributed by atoms with Gasteiger partial charge in [-0.25, -0.2) is 9.48 Å². The molecule has 0 radical (unpaired) electrons. The number of rotatable bonds is 3. The lowest BCUT2D eigenvalue weighted by Crippen LogP contribution is -2.09. The topological polar surface area (TPSA) is 77.2 Å². The second-order valence-electron chi connectivity index (χ2n) is 2.99. The summed E-state index contributed by atoms with van der Waals surface area (Å²) in [5.41, 5.74) is 0.554. The monoisotopic (exact) mass is 219 g/mol. The number of carboxylic acids is 1. The first-order valence-electron chi connectivity index (χ1n) is 4.49. The van der Waals surface area contributed by atoms with Gasteiger partial charge in [-0.1, -0.05) is 0 Å². The third-order valence-corrected chi connectivity index (χ3v) is 2.05. The Hall–Kier alpha value is -2.37. The van der Waals surface area contributed by atoms with Crippen LogP contribution in [0.15, 0.2) is 30.7 Å². The highest BCUT2D eigenvalue weighted by Gasteiger charge is 2.19. The maximum Gasteiger partial charge on any atom is 0.358 e. The molecule has 82 valence electrons. The Kier molecular flexibility index (Phi) is 2.55. The molecule has 0 aliphatic carbocycles. The second kappa shape index (κ2) is 4.01. The van der Waals surface area contributed by atoms with Gasteiger partial charge >= 0.3 is 5.97 Å². The summed E-state index contributed by atoms with van der Waals surface area (Å²) in [6.07, 6.45) is 4.49. The Morgan fingerprint density at radius 1 is 1.50 bits per heavy atom. The molecule has 16 heavy (non-hydrogen) atoms. The maximum absolute atomic E-state index is 11.1. The van der Waals surface area contributed by atoms with Crippen LogP contribution in [0.5, 0.6) is 5.75 Å². The van der Waals surface area contributed by atoms with E-state index in [4.69, 9.17) is 9.84 Å². The van der Waals surface area contributed by atoms with Crippen LogP contribution in [0.1, 0.15) is 10.5 Å². The number of methoxy groups -OCH3 is 1. The van der Waals surface area contributed by atoms with Gasteiger partial charge in [-0.3, -0.25) is 4.98 Å². The molecule has 0 spiro atoms. The minimum Gasteiger partial charge on any atom is -0.493 e. The molecule has 0 saturated heterocycles. The number of carboxylic acid groups (broad SMARTS) is 1. The van der Waals surface area contributed by atoms with E-state index in [1.165, 1.54) is 24.2 Å². The van der Waals surface area contributed by atoms with E-state index in [2.05, 4.69) is 10.1 Å². The highest BCUT2D eigenvalue weighted by Crippen LogP contribution is 2.20. The first-order chi connectivity index (χ1) is 7.74. The average Bonchev–Trinajstić information content (AvgIpc) is 2.73. The molecule has 0 saturated carbocycles. The van der Waals surface area contributed by atoms with Crippen molar-refractivity contribution >= 4 is 5.97 Å². The van der Waals surface area contributed by atoms with Gasteiger partial charge in [0, 0.05) is 6.20 Å². The van der Waals surface area contributed by atoms with E-state index in [9.17, 15) is 4.79 Å². The molecule has 0 aliphatic rings. The highest BCUT2D eigenvalue weighted by atomic mass is 16.5. The minimum atomic E-state index is -1.10. The van der Waals surface area contributed by atoms with Gasteiger partial charge in [-0.15, -0.1) is 0 Å². The molecule has 0 aromatic carbocycles. The molecule has 1 N–H and O–H groups in total. The van der Waals surface area contributed by atoms with E-state index in [1.807, 2.05) is 0 Å². The van der Waals surface area contributed by atoms with Gasteiger partial charge in [0.1, 0.15) is 0 Å². The van der Waals surface area contributed by atoms with Crippen LogP contribution in [0.25, 0.3) is 5.69 Å². The third kappa shape index (κ3) is 1.60. The lowest BCUT2D eigenvalue weighted by molar-refractivity contribution is 0.0683. The van der Waals surface area contributed by atoms with Crippen LogP contribution in [0.3, 0.4) is 0 Å². The first kappa shape index (κ1) is 10.2. The van der Waals surface area contributed by atoms with Crippen LogP contribution in [-0.4, -0.2) is 33.0 Å². The molecule has 6 heteroatoms. The summed E-state index contributed by atoms with van der Waals surface area (Å²) >= 11 is 0. The normalized spacial score (nSPS) is 10.1. The van der Waals surface area contributed by atoms with Crippen LogP contribution < -0.4 is 4.74 Å². The van der Waals surface area contributed by atoms with E-state index in [-0.39, 0.29) is 11.4 Å². The zero-order valence-corrected chi connectivity index (χ0v) is 8.49. The molecular weight excluding hydrogens is 210 g/mol. The maximum atomic E-state index is 11.1. The smallest absolute Gasteiger partial charge is 0.358 e. The van der Waals surface area contributed by atoms with Crippen molar-refractivity contribution in [3.05, 3.63) is 36.4 Å². The van der Waals surface area contributed by atoms with E-state index in [1.54, 1.807) is 18.3 Å². The van der Waals surface area contributed by atoms with Gasteiger partial charge in [0.2, 0.25) is 0 Å². The first-order valence-corrected chi connectivity index (χ1v) is 4.49. The molecule has 2 aromatic heterocycles. The Bertz CT molecular complexity index is 507. The quantitative estimate of drug-likeness (QED) is 0.832. The fourth-order valence-electron chi connectivity index (χ4n) is 1.35. The zero-order valence-electron chi connectivity index (χ0n) is 8.49. The fourth-order valence-corrected chi connectivity index (χ4v) is 1.35. The van der Waals surface area contributed by atoms with Crippen molar-refractivity contribution in [3.63, 3.8) is 0 Å². The van der Waals surface area contributed by atoms with Gasteiger partial charge in [-0.05, 0) is 12.1 Å². The largest absolute Gasteiger partial charge is 0.493 e. The van der Waals surface area contributed by atoms with Crippen molar-refractivity contribution in [1.82, 2.24) is 14.8 Å². The van der Waals surface area contributed by atoms with Crippen LogP contribution in [0, 0.1) is 0 Å². The number of nitrogens with zero attached hydrogens (tertiary/aromatic N) is 3. The SMILES string of the molecule is COc1cnn(-c2cccnc2)c1C(=O)O. The van der Waals surface area contributed by atoms with Crippen molar-refractivity contribution in [2.75, 3.05) is 7.11 Å². The molecule has 0 fully saturated rings. The molecule has 2 rings (SSSR count). The fraction of sp³-hybridized carbons (Fsp3) is 0.100. The number of hydrogen-bond donors (Lipinski definition) is 1. The van der Waals surface area contributed by atoms with Gasteiger partial charge < -0.3 is 9.84 Å². The summed E-state index contributed by atoms with van der Waals surface area (Å²) in [5.74, 6) is -0.880. The highest BCUT2D eigenvalue weighted by molar-refractivity contribution is 5.89. The number of hydrogen-bond acceptors (Lipinski definition) is 4. The molecule has 0 atom stereocenters. The molecule has 2 aromatic rings. The minimum absolute atomic E-state index is 0.0181. The third-order valence-electron chi connectivity index (χ3n) is 2.05. The van der Waals surface area contributed by atoms with Gasteiger partial charge in [0.15, 0.2) is 11.4 Å². The van der Waals surface area contributed by atoms with E-state index < -0.39 is 5.97 Å². The van der Waals surface area contributed by atoms with E-state index in [0.717, 1.165) is 0 Å². The summed E-state index contributed by atoms with van der Waals surface area (Å²) in [4.78, 5) is 15.0. The molecular formula is C10H9N3O3. The summed E-state index contributed by atoms with van der Waals surface area (Å²) in [6.45, 7) is 0. The standard InChI is InChI=1S/C10H9N3O3/c1-16-8-6-12-13(9(8)10(14)15)7-3-2-4-11-5-7/h2-6H,1H3,(H,14,15). The van der Waals surface area contributed by atoms with E-state index >= 15 is 0 Å². The van der Waals surface area contributed by atoms with Crippen molar-refractivity contribution in [1.29, 1.82) is 0 Å². The molecule has 0 unspecified atom stereocenters. The molecule has 0 bridgehead atoms. The molecule has 0 aliphatic heterocycles. The van der Waals surface area contributed by atoms with Crippen molar-refractivity contribution in [2.45, 2.75) is 0 Å². The van der Waals surface area contributed by atoms with Crippen molar-refractivity contribution in [2.24, 2.45) is 0 Å². The number of pyridine rings is 1. The summed E-state index contributed by atoms with van der Waals surface area (Å²) in [5, 5.41) is 13.0. The van der Waals surface area contributed by atoms with Gasteiger partial charge in [-0.2, -0.15) is 5.10 Å². The van der Waals surface area contributed by atoms with Crippen LogP contribution in [-0.2, 0) is 0 Å². The summed E-state index contributed by atoms with van der Waals surface area (Å²) < 4.78 is 6.20. The lowest BCUT2D eigenvalue weighted by atomic mass is 10.3. The van der Waals surface area contributed by atoms with Gasteiger partial charge in [0.25, 0.3) is 0 Å². The average molecular weight is 219 g/mol. The molecule has 0 amide bonds. The van der Waals surface area contributed by atoms with Gasteiger partial charge in [0.05, 0.1) is 25.2 Å². The summed E-state index contributed by atoms with van der Waals surface area (Å²) in [7, 11) is 1.40. The predicted octanol–water partition coefficient (Wildman–Crippen LogP) is 0.974. The molecule has 6 nitrogen and oxygen atoms in total. The Balaban J connectivity index is 2.58. The predicted molar refractivity (Wildman–Crippen MR) is 54.9 cm³/mol. The number of ether oxygens (including phenoxy) is 1. The Labute approximate surface area is 91.1 Å². The Morgan fingerprint density at radius 2 is 2.31 bits per heavy atom. The number of carbonyl (C=O) groups is 1. The second-order valence-corrected chi connectivity index (χ2v) is 2.99. The van der Waals surface area contributed by atoms with Crippen LogP contribution in [0.2, 0.25) is 0 Å². The number of aromatic nitrogens is 3. The zero-order chi connectivity index (χ0) is 11.5. The van der Waals surface area contributed by atoms with Crippen LogP contribution in [0.4, 0.5) is 0 Å². The Morgan fingerprint density at radius 3 is 2.88 bits per heavy atom. The van der Waals surface area contributed by atoms with Crippen molar-refractivity contribution < 1.29 is 14.6 Å².